The summed E-state index contributed by atoms with van der Waals surface area (Å²) in [5, 5.41) is 1.65. The summed E-state index contributed by atoms with van der Waals surface area (Å²) in [5.41, 5.74) is 1.12. The Morgan fingerprint density at radius 2 is 1.91 bits per heavy atom. The molecule has 1 fully saturated rings. The van der Waals surface area contributed by atoms with Gasteiger partial charge in [0.2, 0.25) is 9.70 Å². The Hall–Kier alpha value is -0.300. The van der Waals surface area contributed by atoms with E-state index in [1.54, 1.807) is 6.92 Å². The summed E-state index contributed by atoms with van der Waals surface area (Å²) < 4.78 is 2.65. The van der Waals surface area contributed by atoms with Crippen LogP contribution in [-0.2, 0) is 19.1 Å². The summed E-state index contributed by atoms with van der Waals surface area (Å²) in [6.45, 7) is 4.81. The quantitative estimate of drug-likeness (QED) is 0.124. The fraction of sp³-hybridized carbons (Fsp3) is 0.368. The minimum atomic E-state index is -2.28. The van der Waals surface area contributed by atoms with Gasteiger partial charge in [0.15, 0.2) is 10.4 Å². The highest BCUT2D eigenvalue weighted by molar-refractivity contribution is 8.77. The molecule has 0 aliphatic carbocycles. The molecular formula is C19H15Cl6N3O4S3. The number of aromatic nitrogens is 1. The van der Waals surface area contributed by atoms with Crippen molar-refractivity contribution in [2.45, 2.75) is 36.3 Å². The standard InChI is InChI=1S/C19H15Cl6N3O4S3/c1-8(2)12(15(30)32-7-18(20,21)22)28-13(29)11(27-16(31)19(23,24)25)14(28)34-35-17-26-9-5-3-4-6-10(9)33-17/h3-6,11-12,14H,1,7H2,2H3,(H,27,31). The molecule has 190 valence electrons. The zero-order valence-electron chi connectivity index (χ0n) is 17.5. The third-order valence-corrected chi connectivity index (χ3v) is 9.33. The number of hydrogen-bond acceptors (Lipinski definition) is 8. The molecule has 2 aromatic rings. The van der Waals surface area contributed by atoms with Gasteiger partial charge in [0.25, 0.3) is 9.70 Å². The van der Waals surface area contributed by atoms with Gasteiger partial charge in [0, 0.05) is 0 Å². The molecule has 0 saturated carbocycles. The number of nitrogens with one attached hydrogen (secondary N) is 1. The van der Waals surface area contributed by atoms with Gasteiger partial charge in [0.05, 0.1) is 10.2 Å². The highest BCUT2D eigenvalue weighted by atomic mass is 35.6. The molecule has 35 heavy (non-hydrogen) atoms. The molecule has 1 aromatic heterocycles. The number of ether oxygens (including phenoxy) is 1. The van der Waals surface area contributed by atoms with E-state index in [1.807, 2.05) is 24.3 Å². The fourth-order valence-corrected chi connectivity index (χ4v) is 7.27. The second kappa shape index (κ2) is 11.6. The summed E-state index contributed by atoms with van der Waals surface area (Å²) in [6.07, 6.45) is 0. The number of thiazole rings is 1. The number of nitrogens with zero attached hydrogens (tertiary/aromatic N) is 2. The Morgan fingerprint density at radius 3 is 2.49 bits per heavy atom. The van der Waals surface area contributed by atoms with E-state index < -0.39 is 49.4 Å². The van der Waals surface area contributed by atoms with Gasteiger partial charge in [-0.1, -0.05) is 99.1 Å². The Bertz CT molecular complexity index is 1120. The molecule has 1 aliphatic rings. The van der Waals surface area contributed by atoms with Crippen molar-refractivity contribution >= 4 is 131 Å². The molecule has 3 rings (SSSR count). The van der Waals surface area contributed by atoms with E-state index in [1.165, 1.54) is 37.8 Å². The van der Waals surface area contributed by atoms with Crippen molar-refractivity contribution in [3.8, 4) is 0 Å². The third-order valence-electron chi connectivity index (χ3n) is 4.46. The van der Waals surface area contributed by atoms with Crippen molar-refractivity contribution in [1.29, 1.82) is 0 Å². The lowest BCUT2D eigenvalue weighted by Crippen LogP contribution is -2.73. The van der Waals surface area contributed by atoms with Crippen molar-refractivity contribution < 1.29 is 19.1 Å². The number of carbonyl (C=O) groups excluding carboxylic acids is 3. The van der Waals surface area contributed by atoms with Crippen LogP contribution >= 0.6 is 103 Å². The monoisotopic (exact) mass is 655 g/mol. The highest BCUT2D eigenvalue weighted by Gasteiger charge is 2.55. The molecule has 16 heteroatoms. The molecule has 2 heterocycles. The lowest BCUT2D eigenvalue weighted by molar-refractivity contribution is -0.162. The maximum absolute atomic E-state index is 13.1. The van der Waals surface area contributed by atoms with Crippen LogP contribution in [0.3, 0.4) is 0 Å². The SMILES string of the molecule is C=C(C)C(C(=O)OCC(Cl)(Cl)Cl)N1C(=O)C(NC(=O)C(Cl)(Cl)Cl)C1SSc1nc2ccccc2s1. The topological polar surface area (TPSA) is 88.6 Å². The van der Waals surface area contributed by atoms with Crippen LogP contribution in [0.15, 0.2) is 40.8 Å². The predicted octanol–water partition coefficient (Wildman–Crippen LogP) is 5.92. The number of halogens is 6. The van der Waals surface area contributed by atoms with Crippen LogP contribution in [0.4, 0.5) is 0 Å². The molecule has 1 N–H and O–H groups in total. The van der Waals surface area contributed by atoms with Gasteiger partial charge in [-0.25, -0.2) is 9.78 Å². The molecule has 0 radical (unpaired) electrons. The van der Waals surface area contributed by atoms with Gasteiger partial charge < -0.3 is 15.0 Å². The fourth-order valence-electron chi connectivity index (χ4n) is 2.98. The first-order valence-electron chi connectivity index (χ1n) is 9.46. The van der Waals surface area contributed by atoms with Crippen LogP contribution in [-0.4, -0.2) is 59.3 Å². The lowest BCUT2D eigenvalue weighted by Gasteiger charge is -2.49. The number of hydrogen-bond donors (Lipinski definition) is 1. The average Bonchev–Trinajstić information content (AvgIpc) is 3.17. The predicted molar refractivity (Wildman–Crippen MR) is 146 cm³/mol. The number of alkyl halides is 6. The lowest BCUT2D eigenvalue weighted by atomic mass is 9.99. The van der Waals surface area contributed by atoms with Crippen molar-refractivity contribution in [3.05, 3.63) is 36.4 Å². The number of fused-ring (bicyclic) bond motifs is 1. The van der Waals surface area contributed by atoms with Crippen molar-refractivity contribution in [1.82, 2.24) is 15.2 Å². The minimum absolute atomic E-state index is 0.300. The summed E-state index contributed by atoms with van der Waals surface area (Å²) >= 11 is 35.4. The van der Waals surface area contributed by atoms with Crippen LogP contribution < -0.4 is 5.32 Å². The summed E-state index contributed by atoms with van der Waals surface area (Å²) in [6, 6.07) is 5.29. The molecule has 0 bridgehead atoms. The molecule has 3 unspecified atom stereocenters. The number of amides is 2. The Kier molecular flexibility index (Phi) is 9.71. The van der Waals surface area contributed by atoms with Crippen molar-refractivity contribution in [2.24, 2.45) is 0 Å². The smallest absolute Gasteiger partial charge is 0.333 e. The second-order valence-corrected chi connectivity index (χ2v) is 15.6. The zero-order chi connectivity index (χ0) is 26.1. The number of β-lactam (4-membered cyclic amide) rings is 1. The first-order valence-corrected chi connectivity index (χ1v) is 14.8. The molecule has 1 saturated heterocycles. The number of esters is 1. The summed E-state index contributed by atoms with van der Waals surface area (Å²) in [7, 11) is 2.46. The van der Waals surface area contributed by atoms with E-state index >= 15 is 0 Å². The van der Waals surface area contributed by atoms with Gasteiger partial charge >= 0.3 is 5.97 Å². The van der Waals surface area contributed by atoms with E-state index in [0.29, 0.717) is 9.91 Å². The number of carbonyl (C=O) groups is 3. The van der Waals surface area contributed by atoms with Gasteiger partial charge in [0.1, 0.15) is 18.0 Å². The van der Waals surface area contributed by atoms with Crippen LogP contribution in [0.2, 0.25) is 0 Å². The van der Waals surface area contributed by atoms with E-state index in [-0.39, 0.29) is 0 Å². The van der Waals surface area contributed by atoms with Gasteiger partial charge in [-0.05, 0) is 35.4 Å². The molecular weight excluding hydrogens is 643 g/mol. The highest BCUT2D eigenvalue weighted by Crippen LogP contribution is 2.45. The zero-order valence-corrected chi connectivity index (χ0v) is 24.5. The third kappa shape index (κ3) is 7.39. The van der Waals surface area contributed by atoms with E-state index in [9.17, 15) is 14.4 Å². The van der Waals surface area contributed by atoms with Gasteiger partial charge in [-0.15, -0.1) is 11.3 Å². The average molecular weight is 658 g/mol. The second-order valence-electron chi connectivity index (χ2n) is 7.18. The van der Waals surface area contributed by atoms with E-state index in [2.05, 4.69) is 16.9 Å². The normalized spacial score (nSPS) is 19.3. The summed E-state index contributed by atoms with van der Waals surface area (Å²) in [4.78, 5) is 43.9. The maximum atomic E-state index is 13.1. The van der Waals surface area contributed by atoms with E-state index in [4.69, 9.17) is 74.3 Å². The Morgan fingerprint density at radius 1 is 1.26 bits per heavy atom. The molecule has 1 aliphatic heterocycles. The number of likely N-dealkylation sites (tertiary alicyclic amines) is 1. The molecule has 1 aromatic carbocycles. The number of benzene rings is 1. The molecule has 0 spiro atoms. The van der Waals surface area contributed by atoms with Crippen LogP contribution in [0.25, 0.3) is 10.2 Å². The molecule has 7 nitrogen and oxygen atoms in total. The van der Waals surface area contributed by atoms with Crippen LogP contribution in [0.1, 0.15) is 6.92 Å². The summed E-state index contributed by atoms with van der Waals surface area (Å²) in [5.74, 6) is -2.44. The number of para-hydroxylation sites is 1. The first-order chi connectivity index (χ1) is 16.2. The van der Waals surface area contributed by atoms with Crippen LogP contribution in [0.5, 0.6) is 0 Å². The largest absolute Gasteiger partial charge is 0.459 e. The Balaban J connectivity index is 1.83. The molecule has 2 amide bonds. The van der Waals surface area contributed by atoms with Gasteiger partial charge in [-0.3, -0.25) is 9.59 Å². The van der Waals surface area contributed by atoms with Crippen molar-refractivity contribution in [2.75, 3.05) is 6.61 Å². The first kappa shape index (κ1) is 29.3. The molecule has 3 atom stereocenters. The van der Waals surface area contributed by atoms with Gasteiger partial charge in [-0.2, -0.15) is 0 Å². The maximum Gasteiger partial charge on any atom is 0.333 e. The minimum Gasteiger partial charge on any atom is -0.459 e. The Labute approximate surface area is 242 Å². The van der Waals surface area contributed by atoms with E-state index in [0.717, 1.165) is 10.2 Å². The van der Waals surface area contributed by atoms with Crippen LogP contribution in [0, 0.1) is 0 Å². The van der Waals surface area contributed by atoms with Crippen molar-refractivity contribution in [3.63, 3.8) is 0 Å². The number of rotatable bonds is 8.